The standard InChI is InChI=1S/C25H16F10O2/c26-16-12(17(27)21(31)24(34)20(16)30)8-36-14-7-11-5-3-1-2-4-10(14)6-15(11)37-9-13-18(28)22(32)25(35)23(33)19(13)29/h6-7H,1-5,8-9H2. The summed E-state index contributed by atoms with van der Waals surface area (Å²) in [6.07, 6.45) is 2.61. The van der Waals surface area contributed by atoms with Crippen molar-refractivity contribution in [2.75, 3.05) is 0 Å². The van der Waals surface area contributed by atoms with Gasteiger partial charge in [0, 0.05) is 0 Å². The highest BCUT2D eigenvalue weighted by atomic mass is 19.2. The summed E-state index contributed by atoms with van der Waals surface area (Å²) >= 11 is 0. The van der Waals surface area contributed by atoms with Gasteiger partial charge in [-0.2, -0.15) is 0 Å². The highest BCUT2D eigenvalue weighted by molar-refractivity contribution is 5.47. The maximum Gasteiger partial charge on any atom is 0.200 e. The van der Waals surface area contributed by atoms with E-state index in [4.69, 9.17) is 9.47 Å². The summed E-state index contributed by atoms with van der Waals surface area (Å²) in [4.78, 5) is 0. The molecule has 0 aliphatic heterocycles. The SMILES string of the molecule is Fc1c(F)c(F)c(COc2cc3c(OCc4c(F)c(F)c(F)c(F)c4F)cc2CCCCC3)c(F)c1F. The van der Waals surface area contributed by atoms with Crippen molar-refractivity contribution in [3.05, 3.63) is 92.6 Å². The number of halogens is 10. The molecule has 2 bridgehead atoms. The smallest absolute Gasteiger partial charge is 0.200 e. The van der Waals surface area contributed by atoms with Crippen molar-refractivity contribution in [3.8, 4) is 11.5 Å². The third-order valence-electron chi connectivity index (χ3n) is 5.98. The van der Waals surface area contributed by atoms with E-state index in [0.29, 0.717) is 36.8 Å². The Hall–Kier alpha value is -3.44. The molecule has 2 aliphatic carbocycles. The number of hydrogen-bond donors (Lipinski definition) is 0. The van der Waals surface area contributed by atoms with Crippen LogP contribution in [-0.4, -0.2) is 0 Å². The molecular weight excluding hydrogens is 522 g/mol. The van der Waals surface area contributed by atoms with Gasteiger partial charge in [0.2, 0.25) is 11.6 Å². The first kappa shape index (κ1) is 26.6. The van der Waals surface area contributed by atoms with E-state index < -0.39 is 82.5 Å². The van der Waals surface area contributed by atoms with Crippen molar-refractivity contribution < 1.29 is 53.4 Å². The Labute approximate surface area is 203 Å². The van der Waals surface area contributed by atoms with E-state index in [9.17, 15) is 43.9 Å². The summed E-state index contributed by atoms with van der Waals surface area (Å²) in [6, 6.07) is 2.75. The molecule has 0 unspecified atom stereocenters. The van der Waals surface area contributed by atoms with Gasteiger partial charge in [-0.25, -0.2) is 43.9 Å². The van der Waals surface area contributed by atoms with Crippen LogP contribution in [-0.2, 0) is 26.1 Å². The monoisotopic (exact) mass is 538 g/mol. The lowest BCUT2D eigenvalue weighted by molar-refractivity contribution is 0.269. The van der Waals surface area contributed by atoms with Gasteiger partial charge in [0.05, 0.1) is 11.1 Å². The number of aryl methyl sites for hydroxylation is 2. The van der Waals surface area contributed by atoms with Crippen molar-refractivity contribution >= 4 is 0 Å². The molecule has 2 aliphatic rings. The predicted molar refractivity (Wildman–Crippen MR) is 109 cm³/mol. The maximum atomic E-state index is 14.0. The van der Waals surface area contributed by atoms with E-state index in [1.54, 1.807) is 0 Å². The van der Waals surface area contributed by atoms with Gasteiger partial charge in [-0.05, 0) is 48.9 Å². The molecule has 5 rings (SSSR count). The van der Waals surface area contributed by atoms with Crippen LogP contribution in [0.5, 0.6) is 11.5 Å². The van der Waals surface area contributed by atoms with E-state index in [1.807, 2.05) is 0 Å². The van der Waals surface area contributed by atoms with Crippen LogP contribution in [0.15, 0.2) is 12.1 Å². The van der Waals surface area contributed by atoms with E-state index in [-0.39, 0.29) is 11.5 Å². The highest BCUT2D eigenvalue weighted by Crippen LogP contribution is 2.35. The molecular formula is C25H16F10O2. The van der Waals surface area contributed by atoms with E-state index in [0.717, 1.165) is 6.42 Å². The number of rotatable bonds is 6. The molecule has 3 aromatic carbocycles. The normalized spacial score (nSPS) is 13.4. The van der Waals surface area contributed by atoms with E-state index >= 15 is 0 Å². The summed E-state index contributed by atoms with van der Waals surface area (Å²) in [7, 11) is 0. The van der Waals surface area contributed by atoms with E-state index in [2.05, 4.69) is 0 Å². The van der Waals surface area contributed by atoms with Gasteiger partial charge in [-0.1, -0.05) is 6.42 Å². The number of hydrogen-bond acceptors (Lipinski definition) is 2. The molecule has 0 radical (unpaired) electrons. The molecule has 0 heterocycles. The lowest BCUT2D eigenvalue weighted by atomic mass is 10.0. The Bertz CT molecular complexity index is 1210. The van der Waals surface area contributed by atoms with Gasteiger partial charge < -0.3 is 9.47 Å². The summed E-state index contributed by atoms with van der Waals surface area (Å²) in [5, 5.41) is 0. The first-order valence-corrected chi connectivity index (χ1v) is 10.9. The van der Waals surface area contributed by atoms with Gasteiger partial charge in [0.25, 0.3) is 0 Å². The molecule has 12 heteroatoms. The number of ether oxygens (including phenoxy) is 2. The molecule has 0 N–H and O–H groups in total. The predicted octanol–water partition coefficient (Wildman–Crippen LogP) is 7.50. The molecule has 0 aromatic heterocycles. The molecule has 37 heavy (non-hydrogen) atoms. The molecule has 198 valence electrons. The first-order chi connectivity index (χ1) is 17.5. The fraction of sp³-hybridized carbons (Fsp3) is 0.280. The fourth-order valence-electron chi connectivity index (χ4n) is 3.97. The van der Waals surface area contributed by atoms with Crippen LogP contribution in [0, 0.1) is 58.2 Å². The van der Waals surface area contributed by atoms with Gasteiger partial charge in [-0.3, -0.25) is 0 Å². The molecule has 3 aromatic rings. The average Bonchev–Trinajstić information content (AvgIpc) is 3.05. The van der Waals surface area contributed by atoms with Crippen molar-refractivity contribution in [2.45, 2.75) is 45.3 Å². The van der Waals surface area contributed by atoms with Crippen molar-refractivity contribution in [3.63, 3.8) is 0 Å². The van der Waals surface area contributed by atoms with Gasteiger partial charge in [0.1, 0.15) is 24.7 Å². The Morgan fingerprint density at radius 1 is 0.432 bits per heavy atom. The fourth-order valence-corrected chi connectivity index (χ4v) is 3.97. The molecule has 0 atom stereocenters. The maximum absolute atomic E-state index is 14.0. The van der Waals surface area contributed by atoms with Crippen molar-refractivity contribution in [2.24, 2.45) is 0 Å². The zero-order chi connectivity index (χ0) is 27.0. The summed E-state index contributed by atoms with van der Waals surface area (Å²) in [5.41, 5.74) is -1.60. The third kappa shape index (κ3) is 4.93. The number of benzene rings is 3. The van der Waals surface area contributed by atoms with Crippen LogP contribution in [0.4, 0.5) is 43.9 Å². The molecule has 0 saturated heterocycles. The largest absolute Gasteiger partial charge is 0.488 e. The van der Waals surface area contributed by atoms with Crippen molar-refractivity contribution in [1.29, 1.82) is 0 Å². The average molecular weight is 538 g/mol. The Morgan fingerprint density at radius 2 is 0.730 bits per heavy atom. The van der Waals surface area contributed by atoms with Crippen molar-refractivity contribution in [1.82, 2.24) is 0 Å². The zero-order valence-electron chi connectivity index (χ0n) is 18.7. The van der Waals surface area contributed by atoms with Crippen LogP contribution in [0.1, 0.15) is 41.5 Å². The Kier molecular flexibility index (Phi) is 7.56. The minimum Gasteiger partial charge on any atom is -0.488 e. The lowest BCUT2D eigenvalue weighted by Crippen LogP contribution is -2.11. The van der Waals surface area contributed by atoms with Crippen LogP contribution < -0.4 is 9.47 Å². The van der Waals surface area contributed by atoms with Crippen LogP contribution in [0.2, 0.25) is 0 Å². The second-order valence-corrected chi connectivity index (χ2v) is 8.30. The van der Waals surface area contributed by atoms with Crippen LogP contribution >= 0.6 is 0 Å². The third-order valence-corrected chi connectivity index (χ3v) is 5.98. The van der Waals surface area contributed by atoms with Gasteiger partial charge >= 0.3 is 0 Å². The Morgan fingerprint density at radius 3 is 1.05 bits per heavy atom. The minimum atomic E-state index is -2.30. The van der Waals surface area contributed by atoms with Crippen LogP contribution in [0.3, 0.4) is 0 Å². The first-order valence-electron chi connectivity index (χ1n) is 10.9. The second kappa shape index (κ2) is 10.5. The molecule has 0 saturated carbocycles. The zero-order valence-corrected chi connectivity index (χ0v) is 18.7. The van der Waals surface area contributed by atoms with Gasteiger partial charge in [-0.15, -0.1) is 0 Å². The second-order valence-electron chi connectivity index (χ2n) is 8.30. The number of fused-ring (bicyclic) bond motifs is 6. The summed E-state index contributed by atoms with van der Waals surface area (Å²) < 4.78 is 148. The molecule has 0 fully saturated rings. The van der Waals surface area contributed by atoms with Gasteiger partial charge in [0.15, 0.2) is 46.5 Å². The highest BCUT2D eigenvalue weighted by Gasteiger charge is 2.28. The van der Waals surface area contributed by atoms with Crippen LogP contribution in [0.25, 0.3) is 0 Å². The topological polar surface area (TPSA) is 18.5 Å². The minimum absolute atomic E-state index is 0.0458. The summed E-state index contributed by atoms with van der Waals surface area (Å²) in [6.45, 7) is -1.99. The Balaban J connectivity index is 1.64. The molecule has 0 amide bonds. The van der Waals surface area contributed by atoms with E-state index in [1.165, 1.54) is 12.1 Å². The molecule has 2 nitrogen and oxygen atoms in total. The quantitative estimate of drug-likeness (QED) is 0.184. The summed E-state index contributed by atoms with van der Waals surface area (Å²) in [5.74, 6) is -21.1. The molecule has 0 spiro atoms. The lowest BCUT2D eigenvalue weighted by Gasteiger charge is -2.18.